The van der Waals surface area contributed by atoms with E-state index in [1.807, 2.05) is 59.5 Å². The molecule has 0 unspecified atom stereocenters. The van der Waals surface area contributed by atoms with E-state index in [0.29, 0.717) is 6.54 Å². The number of hydrogen-bond donors (Lipinski definition) is 0. The van der Waals surface area contributed by atoms with Gasteiger partial charge in [-0.15, -0.1) is 0 Å². The van der Waals surface area contributed by atoms with Crippen molar-refractivity contribution in [2.45, 2.75) is 31.5 Å². The summed E-state index contributed by atoms with van der Waals surface area (Å²) in [6, 6.07) is 18.0. The number of carbonyl (C=O) groups excluding carboxylic acids is 1. The summed E-state index contributed by atoms with van der Waals surface area (Å²) in [6.07, 6.45) is 1.14. The lowest BCUT2D eigenvalue weighted by molar-refractivity contribution is -0.174. The van der Waals surface area contributed by atoms with Gasteiger partial charge in [-0.2, -0.15) is 0 Å². The second-order valence-electron chi connectivity index (χ2n) is 6.44. The fraction of sp³-hybridized carbons (Fsp3) is 0.261. The van der Waals surface area contributed by atoms with Crippen molar-refractivity contribution in [1.29, 1.82) is 0 Å². The van der Waals surface area contributed by atoms with Gasteiger partial charge < -0.3 is 9.64 Å². The minimum atomic E-state index is -0.399. The lowest BCUT2D eigenvalue weighted by Gasteiger charge is -2.46. The Morgan fingerprint density at radius 2 is 1.65 bits per heavy atom. The fourth-order valence-electron chi connectivity index (χ4n) is 3.38. The quantitative estimate of drug-likeness (QED) is 0.621. The summed E-state index contributed by atoms with van der Waals surface area (Å²) in [5.74, 6) is 12.6. The highest BCUT2D eigenvalue weighted by molar-refractivity contribution is 5.88. The Hall–Kier alpha value is -3.01. The Bertz CT molecular complexity index is 927. The molecule has 0 saturated carbocycles. The zero-order valence-electron chi connectivity index (χ0n) is 14.4. The van der Waals surface area contributed by atoms with E-state index in [0.717, 1.165) is 29.5 Å². The molecule has 128 valence electrons. The molecule has 3 nitrogen and oxygen atoms in total. The first kappa shape index (κ1) is 16.5. The second kappa shape index (κ2) is 7.48. The van der Waals surface area contributed by atoms with Crippen LogP contribution in [-0.2, 0) is 16.1 Å². The number of likely N-dealkylation sites (tertiary alicyclic amines) is 1. The summed E-state index contributed by atoms with van der Waals surface area (Å²) in [7, 11) is 0. The van der Waals surface area contributed by atoms with Gasteiger partial charge in [-0.05, 0) is 24.1 Å². The maximum Gasteiger partial charge on any atom is 0.254 e. The molecule has 0 aliphatic carbocycles. The van der Waals surface area contributed by atoms with Crippen molar-refractivity contribution in [3.05, 3.63) is 71.3 Å². The fourth-order valence-corrected chi connectivity index (χ4v) is 3.38. The number of fused-ring (bicyclic) bond motifs is 2. The van der Waals surface area contributed by atoms with Gasteiger partial charge in [0.1, 0.15) is 6.61 Å². The van der Waals surface area contributed by atoms with Crippen molar-refractivity contribution in [3.8, 4) is 23.7 Å². The van der Waals surface area contributed by atoms with E-state index in [-0.39, 0.29) is 18.6 Å². The van der Waals surface area contributed by atoms with Crippen LogP contribution in [-0.4, -0.2) is 29.6 Å². The molecule has 3 heteroatoms. The molecule has 2 aromatic rings. The molecular formula is C23H19NO2. The van der Waals surface area contributed by atoms with E-state index < -0.39 is 6.10 Å². The molecule has 0 radical (unpaired) electrons. The van der Waals surface area contributed by atoms with Gasteiger partial charge in [-0.25, -0.2) is 0 Å². The smallest absolute Gasteiger partial charge is 0.254 e. The van der Waals surface area contributed by atoms with Crippen LogP contribution in [0.25, 0.3) is 0 Å². The van der Waals surface area contributed by atoms with Gasteiger partial charge in [-0.1, -0.05) is 66.1 Å². The molecule has 26 heavy (non-hydrogen) atoms. The van der Waals surface area contributed by atoms with Crippen molar-refractivity contribution >= 4 is 5.91 Å². The van der Waals surface area contributed by atoms with Crippen LogP contribution in [0.15, 0.2) is 54.6 Å². The molecule has 1 saturated heterocycles. The number of hydrogen-bond acceptors (Lipinski definition) is 2. The third-order valence-electron chi connectivity index (χ3n) is 4.75. The van der Waals surface area contributed by atoms with Crippen LogP contribution in [0.5, 0.6) is 0 Å². The van der Waals surface area contributed by atoms with Gasteiger partial charge in [0.25, 0.3) is 5.91 Å². The molecule has 2 aromatic carbocycles. The molecule has 2 aliphatic heterocycles. The van der Waals surface area contributed by atoms with Crippen LogP contribution >= 0.6 is 0 Å². The Morgan fingerprint density at radius 1 is 0.962 bits per heavy atom. The SMILES string of the molecule is O=C1[C@H]2OCC#Cc3ccccc3C#CCC[C@H]2N1Cc1ccccc1. The predicted octanol–water partition coefficient (Wildman–Crippen LogP) is 2.98. The van der Waals surface area contributed by atoms with E-state index in [9.17, 15) is 4.79 Å². The number of rotatable bonds is 2. The molecule has 0 spiro atoms. The van der Waals surface area contributed by atoms with Crippen LogP contribution in [0.4, 0.5) is 0 Å². The normalized spacial score (nSPS) is 21.4. The lowest BCUT2D eigenvalue weighted by atomic mass is 9.92. The Morgan fingerprint density at radius 3 is 2.42 bits per heavy atom. The third-order valence-corrected chi connectivity index (χ3v) is 4.75. The van der Waals surface area contributed by atoms with Crippen molar-refractivity contribution < 1.29 is 9.53 Å². The van der Waals surface area contributed by atoms with Crippen LogP contribution < -0.4 is 0 Å². The van der Waals surface area contributed by atoms with Crippen molar-refractivity contribution in [3.63, 3.8) is 0 Å². The minimum Gasteiger partial charge on any atom is -0.354 e. The molecule has 0 bridgehead atoms. The lowest BCUT2D eigenvalue weighted by Crippen LogP contribution is -2.65. The van der Waals surface area contributed by atoms with Crippen LogP contribution in [0, 0.1) is 23.7 Å². The van der Waals surface area contributed by atoms with E-state index in [1.165, 1.54) is 0 Å². The van der Waals surface area contributed by atoms with Gasteiger partial charge in [-0.3, -0.25) is 4.79 Å². The Balaban J connectivity index is 1.53. The van der Waals surface area contributed by atoms with E-state index >= 15 is 0 Å². The highest BCUT2D eigenvalue weighted by Crippen LogP contribution is 2.29. The largest absolute Gasteiger partial charge is 0.354 e. The summed E-state index contributed by atoms with van der Waals surface area (Å²) in [4.78, 5) is 14.4. The van der Waals surface area contributed by atoms with E-state index in [4.69, 9.17) is 4.74 Å². The molecule has 1 amide bonds. The summed E-state index contributed by atoms with van der Waals surface area (Å²) in [5, 5.41) is 0. The van der Waals surface area contributed by atoms with Gasteiger partial charge in [0.05, 0.1) is 6.04 Å². The topological polar surface area (TPSA) is 29.5 Å². The summed E-state index contributed by atoms with van der Waals surface area (Å²) in [5.41, 5.74) is 2.99. The molecule has 2 aliphatic rings. The Labute approximate surface area is 154 Å². The standard InChI is InChI=1S/C23H19NO2/c25-23-22-21(24(23)17-18-9-2-1-3-10-18)15-7-6-13-19-11-4-5-12-20(19)14-8-16-26-22/h1-5,9-12,21-22H,7,15-17H2/t21-,22+/m1/s1. The summed E-state index contributed by atoms with van der Waals surface area (Å²) < 4.78 is 5.80. The Kier molecular flexibility index (Phi) is 4.73. The number of ether oxygens (including phenoxy) is 1. The number of amides is 1. The highest BCUT2D eigenvalue weighted by Gasteiger charge is 2.47. The first-order valence-corrected chi connectivity index (χ1v) is 8.86. The minimum absolute atomic E-state index is 0.0473. The number of carbonyl (C=O) groups is 1. The first-order valence-electron chi connectivity index (χ1n) is 8.86. The van der Waals surface area contributed by atoms with Gasteiger partial charge in [0.15, 0.2) is 6.10 Å². The van der Waals surface area contributed by atoms with Gasteiger partial charge in [0.2, 0.25) is 0 Å². The van der Waals surface area contributed by atoms with Crippen molar-refractivity contribution in [2.75, 3.05) is 6.61 Å². The zero-order valence-corrected chi connectivity index (χ0v) is 14.4. The maximum atomic E-state index is 12.5. The van der Waals surface area contributed by atoms with Gasteiger partial charge in [0, 0.05) is 24.1 Å². The van der Waals surface area contributed by atoms with Crippen molar-refractivity contribution in [1.82, 2.24) is 4.90 Å². The summed E-state index contributed by atoms with van der Waals surface area (Å²) >= 11 is 0. The van der Waals surface area contributed by atoms with Crippen LogP contribution in [0.1, 0.15) is 29.5 Å². The first-order chi connectivity index (χ1) is 12.8. The molecular weight excluding hydrogens is 322 g/mol. The average molecular weight is 341 g/mol. The van der Waals surface area contributed by atoms with Gasteiger partial charge >= 0.3 is 0 Å². The number of nitrogens with zero attached hydrogens (tertiary/aromatic N) is 1. The van der Waals surface area contributed by atoms with E-state index in [1.54, 1.807) is 0 Å². The monoisotopic (exact) mass is 341 g/mol. The highest BCUT2D eigenvalue weighted by atomic mass is 16.5. The van der Waals surface area contributed by atoms with Crippen LogP contribution in [0.2, 0.25) is 0 Å². The molecule has 2 heterocycles. The average Bonchev–Trinajstić information content (AvgIpc) is 2.68. The third kappa shape index (κ3) is 3.36. The molecule has 0 N–H and O–H groups in total. The second-order valence-corrected chi connectivity index (χ2v) is 6.44. The van der Waals surface area contributed by atoms with Crippen molar-refractivity contribution in [2.24, 2.45) is 0 Å². The molecule has 2 atom stereocenters. The number of benzene rings is 2. The van der Waals surface area contributed by atoms with Crippen LogP contribution in [0.3, 0.4) is 0 Å². The maximum absolute atomic E-state index is 12.5. The number of β-lactam (4-membered cyclic amide) rings is 1. The summed E-state index contributed by atoms with van der Waals surface area (Å²) in [6.45, 7) is 0.875. The van der Waals surface area contributed by atoms with E-state index in [2.05, 4.69) is 23.7 Å². The zero-order chi connectivity index (χ0) is 17.8. The molecule has 1 fully saturated rings. The molecule has 0 aromatic heterocycles. The molecule has 4 rings (SSSR count). The predicted molar refractivity (Wildman–Crippen MR) is 100.0 cm³/mol.